The second-order valence-electron chi connectivity index (χ2n) is 5.24. The molecule has 0 aliphatic rings. The maximum Gasteiger partial charge on any atom is 0.234 e. The Morgan fingerprint density at radius 3 is 2.64 bits per heavy atom. The Labute approximate surface area is 149 Å². The molecule has 6 heteroatoms. The highest BCUT2D eigenvalue weighted by atomic mass is 32.2. The number of rotatable bonds is 6. The van der Waals surface area contributed by atoms with Gasteiger partial charge in [-0.05, 0) is 36.4 Å². The number of anilines is 1. The molecule has 25 heavy (non-hydrogen) atoms. The van der Waals surface area contributed by atoms with Crippen LogP contribution in [0.3, 0.4) is 0 Å². The molecule has 0 bridgehead atoms. The molecule has 3 rings (SSSR count). The summed E-state index contributed by atoms with van der Waals surface area (Å²) in [6.45, 7) is 0. The predicted octanol–water partition coefficient (Wildman–Crippen LogP) is 4.09. The lowest BCUT2D eigenvalue weighted by atomic mass is 10.2. The third-order valence-electron chi connectivity index (χ3n) is 3.35. The van der Waals surface area contributed by atoms with Crippen molar-refractivity contribution in [1.82, 2.24) is 4.98 Å². The molecule has 124 valence electrons. The van der Waals surface area contributed by atoms with Gasteiger partial charge in [-0.1, -0.05) is 18.2 Å². The van der Waals surface area contributed by atoms with E-state index in [0.717, 1.165) is 11.3 Å². The van der Waals surface area contributed by atoms with E-state index in [4.69, 9.17) is 9.68 Å². The summed E-state index contributed by atoms with van der Waals surface area (Å²) in [4.78, 5) is 16.4. The third kappa shape index (κ3) is 4.72. The van der Waals surface area contributed by atoms with Crippen molar-refractivity contribution in [2.24, 2.45) is 0 Å². The summed E-state index contributed by atoms with van der Waals surface area (Å²) >= 11 is 1.46. The minimum Gasteiger partial charge on any atom is -0.444 e. The normalized spacial score (nSPS) is 10.2. The van der Waals surface area contributed by atoms with Crippen LogP contribution in [0.25, 0.3) is 11.5 Å². The van der Waals surface area contributed by atoms with E-state index in [-0.39, 0.29) is 5.91 Å². The molecule has 5 nitrogen and oxygen atoms in total. The zero-order chi connectivity index (χ0) is 17.5. The summed E-state index contributed by atoms with van der Waals surface area (Å²) in [6.07, 6.45) is 1.62. The number of benzene rings is 2. The van der Waals surface area contributed by atoms with Gasteiger partial charge in [-0.15, -0.1) is 11.8 Å². The average molecular weight is 349 g/mol. The van der Waals surface area contributed by atoms with Crippen LogP contribution in [-0.4, -0.2) is 16.6 Å². The Morgan fingerprint density at radius 2 is 1.92 bits per heavy atom. The molecule has 0 saturated carbocycles. The Balaban J connectivity index is 1.47. The van der Waals surface area contributed by atoms with Crippen LogP contribution in [0.2, 0.25) is 0 Å². The van der Waals surface area contributed by atoms with Crippen LogP contribution in [0.4, 0.5) is 5.69 Å². The van der Waals surface area contributed by atoms with Crippen LogP contribution in [0.5, 0.6) is 0 Å². The fourth-order valence-corrected chi connectivity index (χ4v) is 2.86. The van der Waals surface area contributed by atoms with Gasteiger partial charge in [0, 0.05) is 17.0 Å². The standard InChI is InChI=1S/C19H15N3O2S/c20-10-14-6-8-16(9-7-14)21-18(23)13-25-12-17-11-24-19(22-17)15-4-2-1-3-5-15/h1-9,11H,12-13H2,(H,21,23). The number of hydrogen-bond donors (Lipinski definition) is 1. The van der Waals surface area contributed by atoms with E-state index in [1.807, 2.05) is 36.4 Å². The largest absolute Gasteiger partial charge is 0.444 e. The second-order valence-corrected chi connectivity index (χ2v) is 6.23. The molecule has 1 N–H and O–H groups in total. The molecule has 0 spiro atoms. The van der Waals surface area contributed by atoms with Gasteiger partial charge in [0.1, 0.15) is 6.26 Å². The quantitative estimate of drug-likeness (QED) is 0.725. The zero-order valence-electron chi connectivity index (χ0n) is 13.3. The first-order valence-electron chi connectivity index (χ1n) is 7.62. The van der Waals surface area contributed by atoms with Gasteiger partial charge in [-0.2, -0.15) is 5.26 Å². The van der Waals surface area contributed by atoms with Crippen LogP contribution < -0.4 is 5.32 Å². The average Bonchev–Trinajstić information content (AvgIpc) is 3.12. The van der Waals surface area contributed by atoms with E-state index in [0.29, 0.717) is 28.6 Å². The number of carbonyl (C=O) groups excluding carboxylic acids is 1. The van der Waals surface area contributed by atoms with E-state index in [1.54, 1.807) is 30.5 Å². The van der Waals surface area contributed by atoms with Crippen molar-refractivity contribution in [2.45, 2.75) is 5.75 Å². The van der Waals surface area contributed by atoms with Crippen LogP contribution >= 0.6 is 11.8 Å². The lowest BCUT2D eigenvalue weighted by Gasteiger charge is -2.04. The summed E-state index contributed by atoms with van der Waals surface area (Å²) in [5.41, 5.74) is 2.97. The Bertz CT molecular complexity index is 883. The first-order chi connectivity index (χ1) is 12.2. The number of hydrogen-bond acceptors (Lipinski definition) is 5. The second kappa shape index (κ2) is 8.18. The minimum absolute atomic E-state index is 0.0958. The Hall–Kier alpha value is -3.04. The molecule has 0 saturated heterocycles. The van der Waals surface area contributed by atoms with Crippen molar-refractivity contribution >= 4 is 23.4 Å². The molecule has 2 aromatic carbocycles. The summed E-state index contributed by atoms with van der Waals surface area (Å²) < 4.78 is 5.47. The van der Waals surface area contributed by atoms with Gasteiger partial charge in [0.15, 0.2) is 0 Å². The number of nitriles is 1. The minimum atomic E-state index is -0.0958. The number of carbonyl (C=O) groups is 1. The van der Waals surface area contributed by atoms with E-state index in [9.17, 15) is 4.79 Å². The predicted molar refractivity (Wildman–Crippen MR) is 97.9 cm³/mol. The topological polar surface area (TPSA) is 78.9 Å². The fraction of sp³-hybridized carbons (Fsp3) is 0.105. The zero-order valence-corrected chi connectivity index (χ0v) is 14.1. The van der Waals surface area contributed by atoms with Gasteiger partial charge in [-0.3, -0.25) is 4.79 Å². The molecule has 3 aromatic rings. The Kier molecular flexibility index (Phi) is 5.50. The monoisotopic (exact) mass is 349 g/mol. The van der Waals surface area contributed by atoms with Crippen LogP contribution in [0.15, 0.2) is 65.3 Å². The number of nitrogens with one attached hydrogen (secondary N) is 1. The number of thioether (sulfide) groups is 1. The van der Waals surface area contributed by atoms with Gasteiger partial charge in [0.05, 0.1) is 23.1 Å². The summed E-state index contributed by atoms with van der Waals surface area (Å²) in [5.74, 6) is 1.39. The number of oxazole rings is 1. The first kappa shape index (κ1) is 16.8. The lowest BCUT2D eigenvalue weighted by molar-refractivity contribution is -0.113. The van der Waals surface area contributed by atoms with Crippen molar-refractivity contribution in [1.29, 1.82) is 5.26 Å². The fourth-order valence-electron chi connectivity index (χ4n) is 2.16. The van der Waals surface area contributed by atoms with Gasteiger partial charge in [0.25, 0.3) is 0 Å². The SMILES string of the molecule is N#Cc1ccc(NC(=O)CSCc2coc(-c3ccccc3)n2)cc1. The molecule has 1 aromatic heterocycles. The highest BCUT2D eigenvalue weighted by Crippen LogP contribution is 2.20. The third-order valence-corrected chi connectivity index (χ3v) is 4.32. The van der Waals surface area contributed by atoms with Gasteiger partial charge >= 0.3 is 0 Å². The molecule has 1 heterocycles. The van der Waals surface area contributed by atoms with Crippen molar-refractivity contribution in [3.8, 4) is 17.5 Å². The van der Waals surface area contributed by atoms with Crippen molar-refractivity contribution in [2.75, 3.05) is 11.1 Å². The van der Waals surface area contributed by atoms with Gasteiger partial charge in [-0.25, -0.2) is 4.98 Å². The molecule has 0 radical (unpaired) electrons. The molecular weight excluding hydrogens is 334 g/mol. The smallest absolute Gasteiger partial charge is 0.234 e. The molecule has 0 aliphatic carbocycles. The number of amides is 1. The van der Waals surface area contributed by atoms with Crippen LogP contribution in [0.1, 0.15) is 11.3 Å². The van der Waals surface area contributed by atoms with E-state index < -0.39 is 0 Å². The molecular formula is C19H15N3O2S. The Morgan fingerprint density at radius 1 is 1.16 bits per heavy atom. The van der Waals surface area contributed by atoms with Crippen molar-refractivity contribution in [3.63, 3.8) is 0 Å². The van der Waals surface area contributed by atoms with Gasteiger partial charge < -0.3 is 9.73 Å². The first-order valence-corrected chi connectivity index (χ1v) is 8.77. The van der Waals surface area contributed by atoms with Crippen molar-refractivity contribution in [3.05, 3.63) is 72.1 Å². The molecule has 0 unspecified atom stereocenters. The highest BCUT2D eigenvalue weighted by Gasteiger charge is 2.08. The molecule has 0 aliphatic heterocycles. The maximum atomic E-state index is 11.9. The lowest BCUT2D eigenvalue weighted by Crippen LogP contribution is -2.14. The molecule has 0 atom stereocenters. The van der Waals surface area contributed by atoms with Crippen LogP contribution in [-0.2, 0) is 10.5 Å². The van der Waals surface area contributed by atoms with Crippen LogP contribution in [0, 0.1) is 11.3 Å². The number of aromatic nitrogens is 1. The summed E-state index contributed by atoms with van der Waals surface area (Å²) in [7, 11) is 0. The van der Waals surface area contributed by atoms with E-state index >= 15 is 0 Å². The molecule has 1 amide bonds. The number of nitrogens with zero attached hydrogens (tertiary/aromatic N) is 2. The maximum absolute atomic E-state index is 11.9. The van der Waals surface area contributed by atoms with Gasteiger partial charge in [0.2, 0.25) is 11.8 Å². The van der Waals surface area contributed by atoms with E-state index in [2.05, 4.69) is 10.3 Å². The summed E-state index contributed by atoms with van der Waals surface area (Å²) in [6, 6.07) is 18.5. The van der Waals surface area contributed by atoms with Crippen molar-refractivity contribution < 1.29 is 9.21 Å². The molecule has 0 fully saturated rings. The highest BCUT2D eigenvalue weighted by molar-refractivity contribution is 7.99. The summed E-state index contributed by atoms with van der Waals surface area (Å²) in [5, 5.41) is 11.6. The van der Waals surface area contributed by atoms with E-state index in [1.165, 1.54) is 11.8 Å².